The molecule has 1 aromatic heterocycles. The van der Waals surface area contributed by atoms with Crippen molar-refractivity contribution in [2.75, 3.05) is 43.4 Å². The number of anilines is 2. The van der Waals surface area contributed by atoms with Gasteiger partial charge in [0.1, 0.15) is 6.61 Å². The van der Waals surface area contributed by atoms with Crippen molar-refractivity contribution in [1.82, 2.24) is 14.9 Å². The number of hydrogen-bond donors (Lipinski definition) is 1. The first kappa shape index (κ1) is 21.7. The van der Waals surface area contributed by atoms with Crippen LogP contribution in [0, 0.1) is 0 Å². The van der Waals surface area contributed by atoms with Crippen molar-refractivity contribution in [3.8, 4) is 5.88 Å². The lowest BCUT2D eigenvalue weighted by Gasteiger charge is -2.32. The Labute approximate surface area is 198 Å². The molecule has 1 N–H and O–H groups in total. The minimum Gasteiger partial charge on any atom is -0.472 e. The van der Waals surface area contributed by atoms with Crippen LogP contribution in [0.3, 0.4) is 0 Å². The Bertz CT molecular complexity index is 1130. The van der Waals surface area contributed by atoms with Gasteiger partial charge >= 0.3 is 0 Å². The number of ether oxygens (including phenoxy) is 1. The number of hydrogen-bond acceptors (Lipinski definition) is 7. The first-order valence-corrected chi connectivity index (χ1v) is 12.0. The first-order chi connectivity index (χ1) is 16.1. The van der Waals surface area contributed by atoms with Crippen LogP contribution in [-0.2, 0) is 17.8 Å². The number of carbonyl (C=O) groups is 1. The number of fused-ring (bicyclic) bond motifs is 1. The molecule has 1 amide bonds. The third-order valence-corrected chi connectivity index (χ3v) is 6.91. The highest BCUT2D eigenvalue weighted by atomic mass is 32.2. The molecular weight excluding hydrogens is 434 g/mol. The van der Waals surface area contributed by atoms with Gasteiger partial charge in [0.25, 0.3) is 0 Å². The maximum Gasteiger partial charge on any atom is 0.232 e. The van der Waals surface area contributed by atoms with Crippen molar-refractivity contribution in [2.45, 2.75) is 29.2 Å². The summed E-state index contributed by atoms with van der Waals surface area (Å²) in [5.74, 6) is 1.35. The average molecular weight is 462 g/mol. The number of piperazine rings is 1. The number of aryl methyl sites for hydroxylation is 1. The molecule has 1 saturated heterocycles. The van der Waals surface area contributed by atoms with E-state index in [0.29, 0.717) is 24.9 Å². The molecule has 2 aliphatic rings. The van der Waals surface area contributed by atoms with E-state index < -0.39 is 0 Å². The van der Waals surface area contributed by atoms with Crippen LogP contribution in [-0.4, -0.2) is 54.0 Å². The summed E-state index contributed by atoms with van der Waals surface area (Å²) in [6.45, 7) is 4.20. The predicted octanol–water partition coefficient (Wildman–Crippen LogP) is 3.84. The molecule has 5 rings (SSSR count). The van der Waals surface area contributed by atoms with Crippen molar-refractivity contribution in [3.63, 3.8) is 0 Å². The molecule has 0 radical (unpaired) electrons. The van der Waals surface area contributed by atoms with Crippen molar-refractivity contribution in [3.05, 3.63) is 65.9 Å². The van der Waals surface area contributed by atoms with E-state index in [4.69, 9.17) is 9.72 Å². The summed E-state index contributed by atoms with van der Waals surface area (Å²) in [5, 5.41) is 2.98. The largest absolute Gasteiger partial charge is 0.472 e. The van der Waals surface area contributed by atoms with Gasteiger partial charge in [-0.1, -0.05) is 48.2 Å². The molecule has 33 heavy (non-hydrogen) atoms. The fourth-order valence-electron chi connectivity index (χ4n) is 3.95. The minimum absolute atomic E-state index is 0.0661. The van der Waals surface area contributed by atoms with E-state index in [1.165, 1.54) is 5.56 Å². The SMILES string of the molecule is CN1CCN(c2ncc(Sc3ccc4c(c3)NC(=O)CC4)c(OCc3ccccc3)n2)CC1. The van der Waals surface area contributed by atoms with Gasteiger partial charge in [0.2, 0.25) is 17.7 Å². The summed E-state index contributed by atoms with van der Waals surface area (Å²) in [5.41, 5.74) is 3.14. The van der Waals surface area contributed by atoms with Crippen LogP contribution in [0.2, 0.25) is 0 Å². The zero-order valence-corrected chi connectivity index (χ0v) is 19.5. The molecule has 0 unspecified atom stereocenters. The standard InChI is InChI=1S/C25H27N5O2S/c1-29-11-13-30(14-12-29)25-26-16-22(24(28-25)32-17-18-5-3-2-4-6-18)33-20-9-7-19-8-10-23(31)27-21(19)15-20/h2-7,9,15-16H,8,10-14,17H2,1H3,(H,27,31). The van der Waals surface area contributed by atoms with Crippen LogP contribution in [0.1, 0.15) is 17.5 Å². The van der Waals surface area contributed by atoms with Crippen LogP contribution in [0.25, 0.3) is 0 Å². The van der Waals surface area contributed by atoms with Gasteiger partial charge in [0.15, 0.2) is 0 Å². The number of amides is 1. The van der Waals surface area contributed by atoms with Gasteiger partial charge in [0, 0.05) is 43.2 Å². The van der Waals surface area contributed by atoms with Crippen LogP contribution < -0.4 is 15.0 Å². The fourth-order valence-corrected chi connectivity index (χ4v) is 4.81. The molecular formula is C25H27N5O2S. The third kappa shape index (κ3) is 5.29. The molecule has 0 atom stereocenters. The number of likely N-dealkylation sites (N-methyl/N-ethyl adjacent to an activating group) is 1. The van der Waals surface area contributed by atoms with Crippen molar-refractivity contribution >= 4 is 29.3 Å². The van der Waals surface area contributed by atoms with E-state index in [9.17, 15) is 4.79 Å². The summed E-state index contributed by atoms with van der Waals surface area (Å²) >= 11 is 1.55. The molecule has 0 bridgehead atoms. The zero-order chi connectivity index (χ0) is 22.6. The highest BCUT2D eigenvalue weighted by Gasteiger charge is 2.20. The molecule has 0 spiro atoms. The normalized spacial score (nSPS) is 16.3. The van der Waals surface area contributed by atoms with Gasteiger partial charge < -0.3 is 19.9 Å². The third-order valence-electron chi connectivity index (χ3n) is 5.92. The summed E-state index contributed by atoms with van der Waals surface area (Å²) < 4.78 is 6.20. The van der Waals surface area contributed by atoms with E-state index in [0.717, 1.165) is 53.6 Å². The maximum atomic E-state index is 11.8. The minimum atomic E-state index is 0.0661. The van der Waals surface area contributed by atoms with E-state index in [1.54, 1.807) is 11.8 Å². The maximum absolute atomic E-state index is 11.8. The van der Waals surface area contributed by atoms with E-state index >= 15 is 0 Å². The lowest BCUT2D eigenvalue weighted by Crippen LogP contribution is -2.45. The Morgan fingerprint density at radius 2 is 1.88 bits per heavy atom. The number of carbonyl (C=O) groups excluding carboxylic acids is 1. The van der Waals surface area contributed by atoms with Crippen molar-refractivity contribution < 1.29 is 9.53 Å². The molecule has 3 aromatic rings. The van der Waals surface area contributed by atoms with Gasteiger partial charge in [-0.25, -0.2) is 4.98 Å². The molecule has 0 saturated carbocycles. The number of nitrogens with zero attached hydrogens (tertiary/aromatic N) is 4. The van der Waals surface area contributed by atoms with Crippen molar-refractivity contribution in [2.24, 2.45) is 0 Å². The summed E-state index contributed by atoms with van der Waals surface area (Å²) in [4.78, 5) is 27.7. The second-order valence-electron chi connectivity index (χ2n) is 8.37. The van der Waals surface area contributed by atoms with E-state index in [1.807, 2.05) is 42.6 Å². The highest BCUT2D eigenvalue weighted by molar-refractivity contribution is 7.99. The molecule has 7 nitrogen and oxygen atoms in total. The number of rotatable bonds is 6. The van der Waals surface area contributed by atoms with Crippen LogP contribution in [0.15, 0.2) is 64.5 Å². The van der Waals surface area contributed by atoms with E-state index in [2.05, 4.69) is 39.3 Å². The van der Waals surface area contributed by atoms with Crippen LogP contribution in [0.4, 0.5) is 11.6 Å². The van der Waals surface area contributed by atoms with Gasteiger partial charge in [-0.2, -0.15) is 4.98 Å². The lowest BCUT2D eigenvalue weighted by atomic mass is 10.0. The fraction of sp³-hybridized carbons (Fsp3) is 0.320. The van der Waals surface area contributed by atoms with Gasteiger partial charge in [-0.05, 0) is 36.7 Å². The Morgan fingerprint density at radius 3 is 2.70 bits per heavy atom. The quantitative estimate of drug-likeness (QED) is 0.598. The smallest absolute Gasteiger partial charge is 0.232 e. The molecule has 0 aliphatic carbocycles. The Morgan fingerprint density at radius 1 is 1.06 bits per heavy atom. The summed E-state index contributed by atoms with van der Waals surface area (Å²) in [6.07, 6.45) is 3.17. The molecule has 8 heteroatoms. The monoisotopic (exact) mass is 461 g/mol. The zero-order valence-electron chi connectivity index (χ0n) is 18.7. The Kier molecular flexibility index (Phi) is 6.46. The highest BCUT2D eigenvalue weighted by Crippen LogP contribution is 2.37. The summed E-state index contributed by atoms with van der Waals surface area (Å²) in [6, 6.07) is 16.3. The van der Waals surface area contributed by atoms with Crippen molar-refractivity contribution in [1.29, 1.82) is 0 Å². The van der Waals surface area contributed by atoms with Gasteiger partial charge in [0.05, 0.1) is 11.1 Å². The average Bonchev–Trinajstić information content (AvgIpc) is 2.84. The molecule has 3 heterocycles. The second-order valence-corrected chi connectivity index (χ2v) is 9.49. The molecule has 2 aromatic carbocycles. The predicted molar refractivity (Wildman–Crippen MR) is 130 cm³/mol. The molecule has 1 fully saturated rings. The second kappa shape index (κ2) is 9.80. The van der Waals surface area contributed by atoms with Gasteiger partial charge in [-0.15, -0.1) is 0 Å². The van der Waals surface area contributed by atoms with Crippen LogP contribution in [0.5, 0.6) is 5.88 Å². The number of aromatic nitrogens is 2. The number of benzene rings is 2. The topological polar surface area (TPSA) is 70.6 Å². The lowest BCUT2D eigenvalue weighted by molar-refractivity contribution is -0.116. The molecule has 2 aliphatic heterocycles. The first-order valence-electron chi connectivity index (χ1n) is 11.2. The Hall–Kier alpha value is -3.10. The van der Waals surface area contributed by atoms with Gasteiger partial charge in [-0.3, -0.25) is 4.79 Å². The number of nitrogens with one attached hydrogen (secondary N) is 1. The molecule has 170 valence electrons. The van der Waals surface area contributed by atoms with Crippen LogP contribution >= 0.6 is 11.8 Å². The van der Waals surface area contributed by atoms with E-state index in [-0.39, 0.29) is 5.91 Å². The Balaban J connectivity index is 1.40. The summed E-state index contributed by atoms with van der Waals surface area (Å²) in [7, 11) is 2.13.